The number of carboxylic acids is 1. The summed E-state index contributed by atoms with van der Waals surface area (Å²) in [5.41, 5.74) is 1.05. The monoisotopic (exact) mass is 503 g/mol. The number of halogens is 4. The highest BCUT2D eigenvalue weighted by atomic mass is 19.4. The van der Waals surface area contributed by atoms with Gasteiger partial charge in [0.05, 0.1) is 16.8 Å². The van der Waals surface area contributed by atoms with E-state index in [0.717, 1.165) is 23.4 Å². The molecule has 0 saturated carbocycles. The van der Waals surface area contributed by atoms with Gasteiger partial charge in [-0.15, -0.1) is 0 Å². The van der Waals surface area contributed by atoms with Crippen LogP contribution in [0.2, 0.25) is 0 Å². The van der Waals surface area contributed by atoms with Crippen LogP contribution in [0.15, 0.2) is 48.7 Å². The molecule has 1 unspecified atom stereocenters. The zero-order valence-electron chi connectivity index (χ0n) is 19.6. The molecule has 4 rings (SSSR count). The van der Waals surface area contributed by atoms with Crippen molar-refractivity contribution in [1.29, 1.82) is 0 Å². The van der Waals surface area contributed by atoms with E-state index < -0.39 is 23.5 Å². The number of rotatable bonds is 8. The van der Waals surface area contributed by atoms with Crippen LogP contribution in [0, 0.1) is 11.7 Å². The second-order valence-corrected chi connectivity index (χ2v) is 8.94. The van der Waals surface area contributed by atoms with E-state index in [1.165, 1.54) is 30.3 Å². The Kier molecular flexibility index (Phi) is 7.53. The number of alkyl halides is 3. The van der Waals surface area contributed by atoms with Gasteiger partial charge in [0.15, 0.2) is 5.82 Å². The van der Waals surface area contributed by atoms with E-state index in [1.54, 1.807) is 6.20 Å². The molecule has 0 spiro atoms. The van der Waals surface area contributed by atoms with Crippen LogP contribution in [-0.4, -0.2) is 39.0 Å². The summed E-state index contributed by atoms with van der Waals surface area (Å²) in [6, 6.07) is 9.12. The molecule has 1 aliphatic rings. The molecular formula is C26H25F4N3O3. The van der Waals surface area contributed by atoms with Crippen molar-refractivity contribution in [3.05, 3.63) is 76.9 Å². The zero-order valence-corrected chi connectivity index (χ0v) is 19.6. The highest BCUT2D eigenvalue weighted by Gasteiger charge is 2.33. The fourth-order valence-electron chi connectivity index (χ4n) is 4.31. The third kappa shape index (κ3) is 6.17. The summed E-state index contributed by atoms with van der Waals surface area (Å²) in [5, 5.41) is 8.95. The minimum atomic E-state index is -4.51. The van der Waals surface area contributed by atoms with Crippen molar-refractivity contribution in [1.82, 2.24) is 14.9 Å². The lowest BCUT2D eigenvalue weighted by Gasteiger charge is -2.29. The van der Waals surface area contributed by atoms with Crippen LogP contribution in [0.25, 0.3) is 11.4 Å². The third-order valence-electron chi connectivity index (χ3n) is 6.00. The van der Waals surface area contributed by atoms with Crippen molar-refractivity contribution in [2.24, 2.45) is 5.92 Å². The quantitative estimate of drug-likeness (QED) is 0.418. The molecule has 0 amide bonds. The molecule has 6 nitrogen and oxygen atoms in total. The Morgan fingerprint density at radius 1 is 1.22 bits per heavy atom. The number of fused-ring (bicyclic) bond motifs is 1. The Morgan fingerprint density at radius 2 is 2.00 bits per heavy atom. The first kappa shape index (κ1) is 25.6. The molecule has 0 aliphatic carbocycles. The minimum Gasteiger partial charge on any atom is -0.489 e. The number of carbonyl (C=O) groups is 1. The number of hydrogen-bond acceptors (Lipinski definition) is 5. The van der Waals surface area contributed by atoms with Gasteiger partial charge in [-0.05, 0) is 24.1 Å². The lowest BCUT2D eigenvalue weighted by atomic mass is 10.0. The third-order valence-corrected chi connectivity index (χ3v) is 6.00. The summed E-state index contributed by atoms with van der Waals surface area (Å²) >= 11 is 0. The largest absolute Gasteiger partial charge is 0.489 e. The topological polar surface area (TPSA) is 75.5 Å². The molecule has 190 valence electrons. The van der Waals surface area contributed by atoms with E-state index >= 15 is 0 Å². The van der Waals surface area contributed by atoms with Gasteiger partial charge in [0.2, 0.25) is 0 Å². The van der Waals surface area contributed by atoms with E-state index in [-0.39, 0.29) is 41.6 Å². The molecule has 3 aromatic rings. The van der Waals surface area contributed by atoms with E-state index in [2.05, 4.69) is 14.9 Å². The van der Waals surface area contributed by atoms with Crippen LogP contribution in [0.3, 0.4) is 0 Å². The van der Waals surface area contributed by atoms with Crippen molar-refractivity contribution in [3.63, 3.8) is 0 Å². The fraction of sp³-hybridized carbons (Fsp3) is 0.346. The summed E-state index contributed by atoms with van der Waals surface area (Å²) in [5.74, 6) is -1.14. The van der Waals surface area contributed by atoms with Crippen molar-refractivity contribution in [3.8, 4) is 17.1 Å². The standard InChI is InChI=1S/C26H25F4N3O3/c1-16(10-24(34)35)13-33-9-8-23-18(14-33)12-31-25(32-23)20-7-6-19(11-22(20)27)36-15-17-4-2-3-5-21(17)26(28,29)30/h2-7,11-12,16H,8-10,13-15H2,1H3,(H,34,35). The molecule has 2 aromatic carbocycles. The Bertz CT molecular complexity index is 1250. The number of hydrogen-bond donors (Lipinski definition) is 1. The van der Waals surface area contributed by atoms with Gasteiger partial charge in [-0.25, -0.2) is 14.4 Å². The lowest BCUT2D eigenvalue weighted by Crippen LogP contribution is -2.35. The SMILES string of the molecule is CC(CC(=O)O)CN1CCc2nc(-c3ccc(OCc4ccccc4C(F)(F)F)cc3F)ncc2C1. The highest BCUT2D eigenvalue weighted by Crippen LogP contribution is 2.33. The van der Waals surface area contributed by atoms with Gasteiger partial charge >= 0.3 is 12.1 Å². The van der Waals surface area contributed by atoms with Crippen LogP contribution < -0.4 is 4.74 Å². The molecule has 0 bridgehead atoms. The van der Waals surface area contributed by atoms with Crippen molar-refractivity contribution in [2.45, 2.75) is 39.1 Å². The maximum Gasteiger partial charge on any atom is 0.416 e. The number of carboxylic acid groups (broad SMARTS) is 1. The van der Waals surface area contributed by atoms with E-state index in [0.29, 0.717) is 26.1 Å². The van der Waals surface area contributed by atoms with Gasteiger partial charge in [0, 0.05) is 55.9 Å². The van der Waals surface area contributed by atoms with Gasteiger partial charge < -0.3 is 9.84 Å². The zero-order chi connectivity index (χ0) is 25.9. The Labute approximate surface area is 205 Å². The molecule has 1 atom stereocenters. The summed E-state index contributed by atoms with van der Waals surface area (Å²) in [6.45, 7) is 3.49. The highest BCUT2D eigenvalue weighted by molar-refractivity contribution is 5.67. The second kappa shape index (κ2) is 10.6. The summed E-state index contributed by atoms with van der Waals surface area (Å²) < 4.78 is 59.8. The molecular weight excluding hydrogens is 478 g/mol. The van der Waals surface area contributed by atoms with Gasteiger partial charge in [0.25, 0.3) is 0 Å². The molecule has 36 heavy (non-hydrogen) atoms. The van der Waals surface area contributed by atoms with Crippen LogP contribution in [0.5, 0.6) is 5.75 Å². The lowest BCUT2D eigenvalue weighted by molar-refractivity contribution is -0.139. The van der Waals surface area contributed by atoms with E-state index in [1.807, 2.05) is 6.92 Å². The maximum absolute atomic E-state index is 14.9. The minimum absolute atomic E-state index is 0.0148. The number of benzene rings is 2. The molecule has 2 heterocycles. The van der Waals surface area contributed by atoms with Crippen molar-refractivity contribution < 1.29 is 32.2 Å². The number of aliphatic carboxylic acids is 1. The molecule has 0 radical (unpaired) electrons. The van der Waals surface area contributed by atoms with E-state index in [4.69, 9.17) is 9.84 Å². The number of ether oxygens (including phenoxy) is 1. The van der Waals surface area contributed by atoms with Gasteiger partial charge in [0.1, 0.15) is 18.2 Å². The predicted molar refractivity (Wildman–Crippen MR) is 124 cm³/mol. The van der Waals surface area contributed by atoms with Crippen LogP contribution in [0.4, 0.5) is 17.6 Å². The molecule has 1 aromatic heterocycles. The molecule has 1 N–H and O–H groups in total. The second-order valence-electron chi connectivity index (χ2n) is 8.94. The van der Waals surface area contributed by atoms with Gasteiger partial charge in [-0.2, -0.15) is 13.2 Å². The number of nitrogens with zero attached hydrogens (tertiary/aromatic N) is 3. The molecule has 0 saturated heterocycles. The average molecular weight is 503 g/mol. The predicted octanol–water partition coefficient (Wildman–Crippen LogP) is 5.35. The smallest absolute Gasteiger partial charge is 0.416 e. The van der Waals surface area contributed by atoms with Crippen molar-refractivity contribution in [2.75, 3.05) is 13.1 Å². The summed E-state index contributed by atoms with van der Waals surface area (Å²) in [6.07, 6.45) is -2.12. The van der Waals surface area contributed by atoms with Crippen LogP contribution in [-0.2, 0) is 30.5 Å². The van der Waals surface area contributed by atoms with Crippen LogP contribution in [0.1, 0.15) is 35.7 Å². The summed E-state index contributed by atoms with van der Waals surface area (Å²) in [4.78, 5) is 21.9. The first-order valence-corrected chi connectivity index (χ1v) is 11.5. The summed E-state index contributed by atoms with van der Waals surface area (Å²) in [7, 11) is 0. The molecule has 10 heteroatoms. The first-order valence-electron chi connectivity index (χ1n) is 11.5. The van der Waals surface area contributed by atoms with Crippen molar-refractivity contribution >= 4 is 5.97 Å². The normalized spacial score (nSPS) is 14.8. The maximum atomic E-state index is 14.9. The Morgan fingerprint density at radius 3 is 2.72 bits per heavy atom. The molecule has 0 fully saturated rings. The number of aromatic nitrogens is 2. The Hall–Kier alpha value is -3.53. The van der Waals surface area contributed by atoms with Gasteiger partial charge in [-0.3, -0.25) is 9.69 Å². The fourth-order valence-corrected chi connectivity index (χ4v) is 4.31. The molecule has 1 aliphatic heterocycles. The Balaban J connectivity index is 1.43. The van der Waals surface area contributed by atoms with E-state index in [9.17, 15) is 22.4 Å². The first-order chi connectivity index (χ1) is 17.1. The van der Waals surface area contributed by atoms with Gasteiger partial charge in [-0.1, -0.05) is 25.1 Å². The van der Waals surface area contributed by atoms with Crippen LogP contribution >= 0.6 is 0 Å². The average Bonchev–Trinajstić information content (AvgIpc) is 2.81.